The first-order valence-electron chi connectivity index (χ1n) is 6.15. The average molecular weight is 342 g/mol. The molecular weight excluding hydrogens is 330 g/mol. The number of nitrogens with zero attached hydrogens (tertiary/aromatic N) is 1. The summed E-state index contributed by atoms with van der Waals surface area (Å²) in [5.41, 5.74) is 0.877. The molecule has 7 heteroatoms. The first kappa shape index (κ1) is 16.1. The van der Waals surface area contributed by atoms with Crippen molar-refractivity contribution in [3.05, 3.63) is 39.8 Å². The van der Waals surface area contributed by atoms with Crippen LogP contribution in [0, 0.1) is 0 Å². The maximum absolute atomic E-state index is 11.8. The van der Waals surface area contributed by atoms with E-state index in [1.165, 1.54) is 23.5 Å². The highest BCUT2D eigenvalue weighted by Crippen LogP contribution is 2.33. The first-order chi connectivity index (χ1) is 10.1. The molecule has 21 heavy (non-hydrogen) atoms. The van der Waals surface area contributed by atoms with Crippen LogP contribution in [0.15, 0.2) is 34.2 Å². The summed E-state index contributed by atoms with van der Waals surface area (Å²) in [5.74, 6) is -0.448. The predicted molar refractivity (Wildman–Crippen MR) is 88.6 cm³/mol. The SMILES string of the molecule is CCOC(=O)CSC1=NC(=O)C(=Cc2ccc(Cl)cc2)S1. The molecule has 0 saturated carbocycles. The number of carbonyl (C=O) groups is 2. The zero-order valence-corrected chi connectivity index (χ0v) is 13.6. The second-order valence-electron chi connectivity index (χ2n) is 3.94. The van der Waals surface area contributed by atoms with Crippen LogP contribution in [0.1, 0.15) is 12.5 Å². The number of ether oxygens (including phenoxy) is 1. The van der Waals surface area contributed by atoms with E-state index in [9.17, 15) is 9.59 Å². The zero-order valence-electron chi connectivity index (χ0n) is 11.2. The van der Waals surface area contributed by atoms with Crippen molar-refractivity contribution in [3.8, 4) is 0 Å². The van der Waals surface area contributed by atoms with E-state index < -0.39 is 0 Å². The third-order valence-electron chi connectivity index (χ3n) is 2.39. The van der Waals surface area contributed by atoms with E-state index in [4.69, 9.17) is 16.3 Å². The van der Waals surface area contributed by atoms with Gasteiger partial charge in [-0.05, 0) is 30.7 Å². The third kappa shape index (κ3) is 4.91. The summed E-state index contributed by atoms with van der Waals surface area (Å²) in [6.45, 7) is 2.10. The fraction of sp³-hybridized carbons (Fsp3) is 0.214. The number of thioether (sulfide) groups is 2. The van der Waals surface area contributed by atoms with E-state index in [-0.39, 0.29) is 17.6 Å². The van der Waals surface area contributed by atoms with Crippen LogP contribution < -0.4 is 0 Å². The second-order valence-corrected chi connectivity index (χ2v) is 6.63. The van der Waals surface area contributed by atoms with Crippen LogP contribution >= 0.6 is 35.1 Å². The molecule has 2 rings (SSSR count). The van der Waals surface area contributed by atoms with Crippen LogP contribution in [0.2, 0.25) is 5.02 Å². The number of hydrogen-bond acceptors (Lipinski definition) is 5. The summed E-state index contributed by atoms with van der Waals surface area (Å²) >= 11 is 8.28. The minimum Gasteiger partial charge on any atom is -0.465 e. The summed E-state index contributed by atoms with van der Waals surface area (Å²) in [5, 5.41) is 0.643. The van der Waals surface area contributed by atoms with Gasteiger partial charge in [0.05, 0.1) is 17.3 Å². The van der Waals surface area contributed by atoms with Crippen LogP contribution in [-0.4, -0.2) is 28.6 Å². The van der Waals surface area contributed by atoms with Crippen LogP contribution in [0.3, 0.4) is 0 Å². The van der Waals surface area contributed by atoms with Gasteiger partial charge >= 0.3 is 5.97 Å². The number of rotatable bonds is 4. The Balaban J connectivity index is 1.96. The molecule has 1 aromatic carbocycles. The maximum atomic E-state index is 11.8. The van der Waals surface area contributed by atoms with Gasteiger partial charge in [-0.25, -0.2) is 0 Å². The highest BCUT2D eigenvalue weighted by atomic mass is 35.5. The Morgan fingerprint density at radius 1 is 1.43 bits per heavy atom. The van der Waals surface area contributed by atoms with Crippen molar-refractivity contribution in [2.24, 2.45) is 4.99 Å². The van der Waals surface area contributed by atoms with Gasteiger partial charge in [0.2, 0.25) is 0 Å². The number of carbonyl (C=O) groups excluding carboxylic acids is 2. The Morgan fingerprint density at radius 2 is 2.14 bits per heavy atom. The van der Waals surface area contributed by atoms with Gasteiger partial charge in [-0.3, -0.25) is 9.59 Å². The van der Waals surface area contributed by atoms with E-state index in [1.54, 1.807) is 25.1 Å². The van der Waals surface area contributed by atoms with E-state index in [1.807, 2.05) is 12.1 Å². The Labute approximate surface area is 136 Å². The zero-order chi connectivity index (χ0) is 15.2. The summed E-state index contributed by atoms with van der Waals surface area (Å²) in [6.07, 6.45) is 1.75. The lowest BCUT2D eigenvalue weighted by molar-refractivity contribution is -0.139. The molecule has 0 spiro atoms. The van der Waals surface area contributed by atoms with E-state index in [0.29, 0.717) is 20.9 Å². The Kier molecular flexibility index (Phi) is 5.90. The molecule has 1 aliphatic rings. The molecule has 0 bridgehead atoms. The number of esters is 1. The summed E-state index contributed by atoms with van der Waals surface area (Å²) in [7, 11) is 0. The molecule has 1 aliphatic heterocycles. The van der Waals surface area contributed by atoms with Crippen molar-refractivity contribution in [3.63, 3.8) is 0 Å². The van der Waals surface area contributed by atoms with Gasteiger partial charge in [0, 0.05) is 5.02 Å². The van der Waals surface area contributed by atoms with Crippen molar-refractivity contribution in [2.45, 2.75) is 6.92 Å². The van der Waals surface area contributed by atoms with Crippen molar-refractivity contribution >= 4 is 57.5 Å². The topological polar surface area (TPSA) is 55.7 Å². The quantitative estimate of drug-likeness (QED) is 0.618. The van der Waals surface area contributed by atoms with Crippen LogP contribution in [0.4, 0.5) is 0 Å². The summed E-state index contributed by atoms with van der Waals surface area (Å²) in [6, 6.07) is 7.17. The molecule has 0 aromatic heterocycles. The minimum atomic E-state index is -0.312. The van der Waals surface area contributed by atoms with Crippen LogP contribution in [-0.2, 0) is 14.3 Å². The van der Waals surface area contributed by atoms with Crippen molar-refractivity contribution in [2.75, 3.05) is 12.4 Å². The van der Waals surface area contributed by atoms with E-state index in [2.05, 4.69) is 4.99 Å². The lowest BCUT2D eigenvalue weighted by Gasteiger charge is -2.00. The Hall–Kier alpha value is -1.24. The lowest BCUT2D eigenvalue weighted by atomic mass is 10.2. The molecule has 1 aromatic rings. The molecule has 0 radical (unpaired) electrons. The fourth-order valence-corrected chi connectivity index (χ4v) is 3.41. The highest BCUT2D eigenvalue weighted by molar-refractivity contribution is 8.41. The summed E-state index contributed by atoms with van der Waals surface area (Å²) in [4.78, 5) is 27.5. The smallest absolute Gasteiger partial charge is 0.316 e. The van der Waals surface area contributed by atoms with Gasteiger partial charge < -0.3 is 4.74 Å². The fourth-order valence-electron chi connectivity index (χ4n) is 1.49. The molecule has 0 saturated heterocycles. The van der Waals surface area contributed by atoms with E-state index >= 15 is 0 Å². The molecule has 0 fully saturated rings. The Bertz CT molecular complexity index is 611. The molecule has 1 amide bonds. The molecule has 4 nitrogen and oxygen atoms in total. The standard InChI is InChI=1S/C14H12ClNO3S2/c1-2-19-12(17)8-20-14-16-13(18)11(21-14)7-9-3-5-10(15)6-4-9/h3-7H,2,8H2,1H3. The number of hydrogen-bond donors (Lipinski definition) is 0. The third-order valence-corrected chi connectivity index (χ3v) is 4.74. The molecule has 110 valence electrons. The molecule has 0 atom stereocenters. The van der Waals surface area contributed by atoms with E-state index in [0.717, 1.165) is 5.56 Å². The average Bonchev–Trinajstić information content (AvgIpc) is 2.80. The minimum absolute atomic E-state index is 0.154. The molecule has 0 unspecified atom stereocenters. The van der Waals surface area contributed by atoms with Gasteiger partial charge in [0.15, 0.2) is 0 Å². The molecular formula is C14H12ClNO3S2. The Morgan fingerprint density at radius 3 is 2.81 bits per heavy atom. The van der Waals surface area contributed by atoms with Gasteiger partial charge in [0.1, 0.15) is 4.38 Å². The van der Waals surface area contributed by atoms with Crippen molar-refractivity contribution in [1.29, 1.82) is 0 Å². The first-order valence-corrected chi connectivity index (χ1v) is 8.33. The highest BCUT2D eigenvalue weighted by Gasteiger charge is 2.22. The van der Waals surface area contributed by atoms with Gasteiger partial charge in [0.25, 0.3) is 5.91 Å². The number of halogens is 1. The number of amides is 1. The van der Waals surface area contributed by atoms with Crippen LogP contribution in [0.5, 0.6) is 0 Å². The summed E-state index contributed by atoms with van der Waals surface area (Å²) < 4.78 is 5.39. The maximum Gasteiger partial charge on any atom is 0.316 e. The van der Waals surface area contributed by atoms with Crippen molar-refractivity contribution < 1.29 is 14.3 Å². The molecule has 0 aliphatic carbocycles. The molecule has 0 N–H and O–H groups in total. The van der Waals surface area contributed by atoms with Gasteiger partial charge in [-0.1, -0.05) is 47.3 Å². The largest absolute Gasteiger partial charge is 0.465 e. The van der Waals surface area contributed by atoms with Crippen molar-refractivity contribution in [1.82, 2.24) is 0 Å². The molecule has 1 heterocycles. The lowest BCUT2D eigenvalue weighted by Crippen LogP contribution is -2.07. The number of aliphatic imine (C=N–C) groups is 1. The predicted octanol–water partition coefficient (Wildman–Crippen LogP) is 3.61. The normalized spacial score (nSPS) is 16.2. The van der Waals surface area contributed by atoms with Gasteiger partial charge in [-0.15, -0.1) is 0 Å². The van der Waals surface area contributed by atoms with Gasteiger partial charge in [-0.2, -0.15) is 4.99 Å². The monoisotopic (exact) mass is 341 g/mol. The number of benzene rings is 1. The van der Waals surface area contributed by atoms with Crippen LogP contribution in [0.25, 0.3) is 6.08 Å². The second kappa shape index (κ2) is 7.68.